The van der Waals surface area contributed by atoms with Crippen LogP contribution in [0.3, 0.4) is 0 Å². The van der Waals surface area contributed by atoms with Crippen molar-refractivity contribution < 1.29 is 0 Å². The molecule has 1 aromatic carbocycles. The summed E-state index contributed by atoms with van der Waals surface area (Å²) in [6.07, 6.45) is 1.61. The number of hydrogen-bond acceptors (Lipinski definition) is 1. The van der Waals surface area contributed by atoms with Gasteiger partial charge < -0.3 is 0 Å². The molecule has 84 valence electrons. The van der Waals surface area contributed by atoms with E-state index >= 15 is 0 Å². The minimum Gasteiger partial charge on any atom is -0.193 e. The van der Waals surface area contributed by atoms with Crippen molar-refractivity contribution in [3.8, 4) is 6.07 Å². The third kappa shape index (κ3) is 3.35. The van der Waals surface area contributed by atoms with E-state index in [1.54, 1.807) is 0 Å². The third-order valence-corrected chi connectivity index (χ3v) is 3.68. The fraction of sp³-hybridized carbons (Fsp3) is 0.250. The highest BCUT2D eigenvalue weighted by Gasteiger charge is 2.10. The molecule has 1 rings (SSSR count). The molecule has 0 atom stereocenters. The molecule has 1 aromatic rings. The normalized spacial score (nSPS) is 11.9. The molecule has 0 radical (unpaired) electrons. The number of allylic oxidation sites excluding steroid dienone is 1. The molecule has 0 aromatic heterocycles. The number of nitriles is 1. The zero-order valence-corrected chi connectivity index (χ0v) is 12.7. The van der Waals surface area contributed by atoms with Gasteiger partial charge in [-0.3, -0.25) is 0 Å². The lowest BCUT2D eigenvalue weighted by Crippen LogP contribution is -1.87. The van der Waals surface area contributed by atoms with Crippen molar-refractivity contribution in [3.63, 3.8) is 0 Å². The Hall–Kier alpha value is -0.300. The van der Waals surface area contributed by atoms with Crippen LogP contribution in [0.25, 0.3) is 5.03 Å². The van der Waals surface area contributed by atoms with Gasteiger partial charge in [-0.25, -0.2) is 0 Å². The molecule has 16 heavy (non-hydrogen) atoms. The molecule has 0 aliphatic rings. The van der Waals surface area contributed by atoms with Gasteiger partial charge in [0.15, 0.2) is 0 Å². The maximum Gasteiger partial charge on any atom is 0.0962 e. The second-order valence-corrected chi connectivity index (χ2v) is 5.43. The first-order valence-corrected chi connectivity index (χ1v) is 6.80. The van der Waals surface area contributed by atoms with Crippen LogP contribution in [0.4, 0.5) is 0 Å². The van der Waals surface area contributed by atoms with Crippen LogP contribution in [0, 0.1) is 11.3 Å². The van der Waals surface area contributed by atoms with Crippen molar-refractivity contribution in [2.75, 3.05) is 0 Å². The summed E-state index contributed by atoms with van der Waals surface area (Å²) in [4.78, 5) is 0. The number of nitrogens with zero attached hydrogens (tertiary/aromatic N) is 1. The largest absolute Gasteiger partial charge is 0.193 e. The standard InChI is InChI=1S/C12H10Br2ClN/c1-2-3-8(7-16)12(15)10-6-9(13)4-5-11(10)14/h4-6H,2-3H2,1H3/b12-8-. The Balaban J connectivity index is 3.27. The van der Waals surface area contributed by atoms with Crippen LogP contribution in [0.2, 0.25) is 0 Å². The Morgan fingerprint density at radius 2 is 2.12 bits per heavy atom. The molecule has 1 nitrogen and oxygen atoms in total. The molecule has 0 bridgehead atoms. The van der Waals surface area contributed by atoms with E-state index in [1.165, 1.54) is 0 Å². The summed E-state index contributed by atoms with van der Waals surface area (Å²) in [6.45, 7) is 2.03. The van der Waals surface area contributed by atoms with Gasteiger partial charge in [-0.05, 0) is 24.6 Å². The average molecular weight is 363 g/mol. The zero-order valence-electron chi connectivity index (χ0n) is 8.73. The Bertz CT molecular complexity index is 461. The average Bonchev–Trinajstić information content (AvgIpc) is 2.28. The molecule has 0 N–H and O–H groups in total. The zero-order chi connectivity index (χ0) is 12.1. The van der Waals surface area contributed by atoms with Crippen LogP contribution < -0.4 is 0 Å². The summed E-state index contributed by atoms with van der Waals surface area (Å²) in [5.41, 5.74) is 1.48. The van der Waals surface area contributed by atoms with Crippen molar-refractivity contribution in [1.29, 1.82) is 5.26 Å². The minimum atomic E-state index is 0.525. The number of hydrogen-bond donors (Lipinski definition) is 0. The van der Waals surface area contributed by atoms with Gasteiger partial charge in [0.2, 0.25) is 0 Å². The van der Waals surface area contributed by atoms with E-state index in [9.17, 15) is 0 Å². The van der Waals surface area contributed by atoms with Crippen LogP contribution in [0.15, 0.2) is 32.7 Å². The first-order chi connectivity index (χ1) is 7.60. The first kappa shape index (κ1) is 13.8. The number of benzene rings is 1. The summed E-state index contributed by atoms with van der Waals surface area (Å²) in [5.74, 6) is 0. The molecule has 0 fully saturated rings. The second-order valence-electron chi connectivity index (χ2n) is 3.28. The van der Waals surface area contributed by atoms with Gasteiger partial charge >= 0.3 is 0 Å². The van der Waals surface area contributed by atoms with Gasteiger partial charge in [0.25, 0.3) is 0 Å². The Labute approximate surface area is 117 Å². The summed E-state index contributed by atoms with van der Waals surface area (Å²) in [5, 5.41) is 9.56. The summed E-state index contributed by atoms with van der Waals surface area (Å²) in [7, 11) is 0. The van der Waals surface area contributed by atoms with Crippen molar-refractivity contribution in [2.24, 2.45) is 0 Å². The Kier molecular flexibility index (Phi) is 5.54. The molecule has 4 heteroatoms. The maximum atomic E-state index is 9.03. The predicted molar refractivity (Wildman–Crippen MR) is 75.1 cm³/mol. The minimum absolute atomic E-state index is 0.525. The third-order valence-electron chi connectivity index (χ3n) is 2.06. The van der Waals surface area contributed by atoms with Crippen LogP contribution in [-0.2, 0) is 0 Å². The van der Waals surface area contributed by atoms with Gasteiger partial charge in [-0.1, -0.05) is 56.8 Å². The second kappa shape index (κ2) is 6.44. The molecular weight excluding hydrogens is 353 g/mol. The van der Waals surface area contributed by atoms with E-state index in [4.69, 9.17) is 16.9 Å². The highest BCUT2D eigenvalue weighted by Crippen LogP contribution is 2.33. The molecule has 0 spiro atoms. The predicted octanol–water partition coefficient (Wildman–Crippen LogP) is 5.49. The van der Waals surface area contributed by atoms with E-state index in [2.05, 4.69) is 37.9 Å². The molecule has 0 heterocycles. The molecule has 0 aliphatic carbocycles. The molecule has 0 unspecified atom stereocenters. The summed E-state index contributed by atoms with van der Waals surface area (Å²) < 4.78 is 1.84. The van der Waals surface area contributed by atoms with E-state index in [-0.39, 0.29) is 0 Å². The lowest BCUT2D eigenvalue weighted by molar-refractivity contribution is 0.933. The van der Waals surface area contributed by atoms with Gasteiger partial charge in [0, 0.05) is 20.1 Å². The van der Waals surface area contributed by atoms with E-state index < -0.39 is 0 Å². The fourth-order valence-corrected chi connectivity index (χ4v) is 2.51. The van der Waals surface area contributed by atoms with Gasteiger partial charge in [0.05, 0.1) is 11.1 Å². The quantitative estimate of drug-likeness (QED) is 0.652. The van der Waals surface area contributed by atoms with Crippen LogP contribution in [0.5, 0.6) is 0 Å². The molecule has 0 saturated carbocycles. The highest BCUT2D eigenvalue weighted by molar-refractivity contribution is 9.11. The smallest absolute Gasteiger partial charge is 0.0962 e. The van der Waals surface area contributed by atoms with E-state index in [0.29, 0.717) is 17.0 Å². The summed E-state index contributed by atoms with van der Waals surface area (Å²) in [6, 6.07) is 7.89. The highest BCUT2D eigenvalue weighted by atomic mass is 79.9. The SMILES string of the molecule is CCC/C(C#N)=C(/Cl)c1cc(Br)ccc1Br. The molecule has 0 saturated heterocycles. The van der Waals surface area contributed by atoms with E-state index in [0.717, 1.165) is 20.9 Å². The van der Waals surface area contributed by atoms with Crippen LogP contribution in [0.1, 0.15) is 25.3 Å². The van der Waals surface area contributed by atoms with Crippen LogP contribution >= 0.6 is 43.5 Å². The first-order valence-electron chi connectivity index (χ1n) is 4.84. The number of halogens is 3. The van der Waals surface area contributed by atoms with Gasteiger partial charge in [-0.15, -0.1) is 0 Å². The molecule has 0 amide bonds. The fourth-order valence-electron chi connectivity index (χ4n) is 1.29. The number of rotatable bonds is 3. The monoisotopic (exact) mass is 361 g/mol. The Morgan fingerprint density at radius 3 is 2.69 bits per heavy atom. The molecular formula is C12H10Br2ClN. The summed E-state index contributed by atoms with van der Waals surface area (Å²) >= 11 is 13.1. The lowest BCUT2D eigenvalue weighted by atomic mass is 10.1. The maximum absolute atomic E-state index is 9.03. The van der Waals surface area contributed by atoms with Crippen molar-refractivity contribution >= 4 is 48.5 Å². The van der Waals surface area contributed by atoms with Gasteiger partial charge in [0.1, 0.15) is 0 Å². The van der Waals surface area contributed by atoms with Crippen molar-refractivity contribution in [1.82, 2.24) is 0 Å². The molecule has 0 aliphatic heterocycles. The lowest BCUT2D eigenvalue weighted by Gasteiger charge is -2.06. The topological polar surface area (TPSA) is 23.8 Å². The van der Waals surface area contributed by atoms with Crippen molar-refractivity contribution in [3.05, 3.63) is 38.3 Å². The van der Waals surface area contributed by atoms with Gasteiger partial charge in [-0.2, -0.15) is 5.26 Å². The van der Waals surface area contributed by atoms with E-state index in [1.807, 2.05) is 25.1 Å². The van der Waals surface area contributed by atoms with Crippen molar-refractivity contribution in [2.45, 2.75) is 19.8 Å². The van der Waals surface area contributed by atoms with Crippen LogP contribution in [-0.4, -0.2) is 0 Å². The Morgan fingerprint density at radius 1 is 1.44 bits per heavy atom.